The van der Waals surface area contributed by atoms with Crippen molar-refractivity contribution < 1.29 is 0 Å². The molecule has 2 rings (SSSR count). The van der Waals surface area contributed by atoms with Crippen LogP contribution >= 0.6 is 0 Å². The second-order valence-corrected chi connectivity index (χ2v) is 2.18. The largest absolute Gasteiger partial charge is 0.378 e. The molecule has 2 aliphatic rings. The molecule has 1 nitrogen and oxygen atoms in total. The molecule has 1 N–H and O–H groups in total. The molecule has 0 aromatic rings. The van der Waals surface area contributed by atoms with E-state index in [1.54, 1.807) is 0 Å². The van der Waals surface area contributed by atoms with Gasteiger partial charge in [0, 0.05) is 6.54 Å². The summed E-state index contributed by atoms with van der Waals surface area (Å²) < 4.78 is 0. The van der Waals surface area contributed by atoms with Crippen LogP contribution in [-0.2, 0) is 0 Å². The van der Waals surface area contributed by atoms with E-state index in [4.69, 9.17) is 0 Å². The molecule has 1 heterocycles. The SMILES string of the molecule is C1=C=C2NCCC2=CC=1. The topological polar surface area (TPSA) is 12.0 Å². The highest BCUT2D eigenvalue weighted by atomic mass is 14.9. The van der Waals surface area contributed by atoms with Gasteiger partial charge in [0.15, 0.2) is 0 Å². The minimum Gasteiger partial charge on any atom is -0.378 e. The van der Waals surface area contributed by atoms with Gasteiger partial charge < -0.3 is 5.32 Å². The average Bonchev–Trinajstić information content (AvgIpc) is 2.33. The Morgan fingerprint density at radius 1 is 1.56 bits per heavy atom. The van der Waals surface area contributed by atoms with E-state index in [0.29, 0.717) is 0 Å². The number of nitrogens with one attached hydrogen (secondary N) is 1. The molecule has 1 heteroatoms. The second-order valence-electron chi connectivity index (χ2n) is 2.18. The Morgan fingerprint density at radius 3 is 3.44 bits per heavy atom. The van der Waals surface area contributed by atoms with E-state index in [0.717, 1.165) is 18.7 Å². The molecular weight excluding hydrogens is 110 g/mol. The first-order chi connectivity index (χ1) is 4.47. The molecule has 0 radical (unpaired) electrons. The first-order valence-electron chi connectivity index (χ1n) is 3.12. The minimum absolute atomic E-state index is 1.06. The number of hydrogen-bond acceptors (Lipinski definition) is 1. The third-order valence-electron chi connectivity index (χ3n) is 1.58. The van der Waals surface area contributed by atoms with E-state index in [2.05, 4.69) is 22.9 Å². The third-order valence-corrected chi connectivity index (χ3v) is 1.58. The molecule has 1 aliphatic heterocycles. The quantitative estimate of drug-likeness (QED) is 0.469. The normalized spacial score (nSPS) is 20.4. The molecule has 1 aliphatic carbocycles. The predicted molar refractivity (Wildman–Crippen MR) is 35.8 cm³/mol. The van der Waals surface area contributed by atoms with E-state index >= 15 is 0 Å². The summed E-state index contributed by atoms with van der Waals surface area (Å²) in [5.41, 5.74) is 8.42. The van der Waals surface area contributed by atoms with Crippen LogP contribution in [0.3, 0.4) is 0 Å². The van der Waals surface area contributed by atoms with Crippen LogP contribution in [0.15, 0.2) is 34.9 Å². The Hall–Kier alpha value is -1.16. The Kier molecular flexibility index (Phi) is 0.868. The predicted octanol–water partition coefficient (Wildman–Crippen LogP) is 1.11. The highest BCUT2D eigenvalue weighted by molar-refractivity contribution is 5.38. The number of rotatable bonds is 0. The fourth-order valence-electron chi connectivity index (χ4n) is 1.11. The molecule has 0 atom stereocenters. The molecule has 0 bridgehead atoms. The van der Waals surface area contributed by atoms with E-state index < -0.39 is 0 Å². The van der Waals surface area contributed by atoms with Crippen LogP contribution in [0.5, 0.6) is 0 Å². The number of allylic oxidation sites excluding steroid dienone is 3. The van der Waals surface area contributed by atoms with Gasteiger partial charge in [0.05, 0.1) is 5.70 Å². The summed E-state index contributed by atoms with van der Waals surface area (Å²) >= 11 is 0. The maximum atomic E-state index is 3.21. The van der Waals surface area contributed by atoms with Gasteiger partial charge >= 0.3 is 0 Å². The monoisotopic (exact) mass is 117 g/mol. The Bertz CT molecular complexity index is 258. The fourth-order valence-corrected chi connectivity index (χ4v) is 1.11. The van der Waals surface area contributed by atoms with Crippen LogP contribution in [-0.4, -0.2) is 6.54 Å². The van der Waals surface area contributed by atoms with Crippen LogP contribution in [0, 0.1) is 0 Å². The van der Waals surface area contributed by atoms with E-state index in [1.165, 1.54) is 5.57 Å². The molecule has 0 unspecified atom stereocenters. The van der Waals surface area contributed by atoms with Gasteiger partial charge in [-0.15, -0.1) is 0 Å². The molecule has 0 spiro atoms. The van der Waals surface area contributed by atoms with E-state index in [1.807, 2.05) is 6.08 Å². The Balaban J connectivity index is 2.56. The van der Waals surface area contributed by atoms with Crippen molar-refractivity contribution in [2.24, 2.45) is 0 Å². The van der Waals surface area contributed by atoms with Crippen molar-refractivity contribution in [2.45, 2.75) is 6.42 Å². The van der Waals surface area contributed by atoms with Gasteiger partial charge in [-0.05, 0) is 29.9 Å². The number of fused-ring (bicyclic) bond motifs is 1. The molecular formula is C8H7N. The molecule has 0 amide bonds. The van der Waals surface area contributed by atoms with Crippen molar-refractivity contribution in [3.63, 3.8) is 0 Å². The molecule has 0 saturated carbocycles. The third kappa shape index (κ3) is 0.639. The van der Waals surface area contributed by atoms with Gasteiger partial charge in [-0.1, -0.05) is 5.73 Å². The van der Waals surface area contributed by atoms with Crippen LogP contribution in [0.2, 0.25) is 0 Å². The van der Waals surface area contributed by atoms with Crippen LogP contribution in [0.1, 0.15) is 6.42 Å². The lowest BCUT2D eigenvalue weighted by molar-refractivity contribution is 0.916. The molecule has 0 aromatic heterocycles. The maximum absolute atomic E-state index is 3.21. The average molecular weight is 117 g/mol. The van der Waals surface area contributed by atoms with Crippen molar-refractivity contribution >= 4 is 0 Å². The summed E-state index contributed by atoms with van der Waals surface area (Å²) in [4.78, 5) is 0. The molecule has 1 fully saturated rings. The molecule has 44 valence electrons. The Morgan fingerprint density at radius 2 is 2.56 bits per heavy atom. The van der Waals surface area contributed by atoms with Gasteiger partial charge in [0.2, 0.25) is 0 Å². The second kappa shape index (κ2) is 1.66. The smallest absolute Gasteiger partial charge is 0.0890 e. The lowest BCUT2D eigenvalue weighted by Crippen LogP contribution is -2.02. The zero-order valence-corrected chi connectivity index (χ0v) is 5.07. The van der Waals surface area contributed by atoms with Gasteiger partial charge in [-0.25, -0.2) is 0 Å². The van der Waals surface area contributed by atoms with Crippen molar-refractivity contribution in [3.05, 3.63) is 34.9 Å². The zero-order chi connectivity index (χ0) is 6.10. The van der Waals surface area contributed by atoms with Crippen molar-refractivity contribution in [2.75, 3.05) is 6.54 Å². The minimum atomic E-state index is 1.06. The lowest BCUT2D eigenvalue weighted by atomic mass is 10.1. The van der Waals surface area contributed by atoms with Gasteiger partial charge in [-0.3, -0.25) is 0 Å². The Labute approximate surface area is 54.1 Å². The summed E-state index contributed by atoms with van der Waals surface area (Å²) in [6.07, 6.45) is 5.14. The summed E-state index contributed by atoms with van der Waals surface area (Å²) in [7, 11) is 0. The summed E-state index contributed by atoms with van der Waals surface area (Å²) in [6.45, 7) is 1.06. The van der Waals surface area contributed by atoms with E-state index in [-0.39, 0.29) is 0 Å². The van der Waals surface area contributed by atoms with Crippen LogP contribution in [0.4, 0.5) is 0 Å². The van der Waals surface area contributed by atoms with Gasteiger partial charge in [-0.2, -0.15) is 0 Å². The van der Waals surface area contributed by atoms with Crippen LogP contribution in [0.25, 0.3) is 0 Å². The van der Waals surface area contributed by atoms with E-state index in [9.17, 15) is 0 Å². The molecule has 9 heavy (non-hydrogen) atoms. The summed E-state index contributed by atoms with van der Waals surface area (Å²) in [5, 5.41) is 3.21. The molecule has 0 aromatic carbocycles. The lowest BCUT2D eigenvalue weighted by Gasteiger charge is -1.94. The highest BCUT2D eigenvalue weighted by Crippen LogP contribution is 2.17. The molecule has 1 saturated heterocycles. The van der Waals surface area contributed by atoms with Gasteiger partial charge in [0.25, 0.3) is 0 Å². The van der Waals surface area contributed by atoms with Crippen molar-refractivity contribution in [1.82, 2.24) is 5.32 Å². The zero-order valence-electron chi connectivity index (χ0n) is 5.07. The number of hydrogen-bond donors (Lipinski definition) is 1. The first kappa shape index (κ1) is 4.69. The summed E-state index contributed by atoms with van der Waals surface area (Å²) in [5.74, 6) is 0. The standard InChI is InChI=1S/C8H7N/c1-2-4-8-7(3-1)5-6-9-8/h1,3,9H,5-6H2. The maximum Gasteiger partial charge on any atom is 0.0890 e. The van der Waals surface area contributed by atoms with Crippen molar-refractivity contribution in [1.29, 1.82) is 0 Å². The fraction of sp³-hybridized carbons (Fsp3) is 0.250. The van der Waals surface area contributed by atoms with Crippen LogP contribution < -0.4 is 5.32 Å². The van der Waals surface area contributed by atoms with Gasteiger partial charge in [0.1, 0.15) is 0 Å². The highest BCUT2D eigenvalue weighted by Gasteiger charge is 2.11. The van der Waals surface area contributed by atoms with Crippen molar-refractivity contribution in [3.8, 4) is 0 Å². The first-order valence-corrected chi connectivity index (χ1v) is 3.12. The summed E-state index contributed by atoms with van der Waals surface area (Å²) in [6, 6.07) is 0.